The van der Waals surface area contributed by atoms with Crippen LogP contribution in [0.3, 0.4) is 0 Å². The summed E-state index contributed by atoms with van der Waals surface area (Å²) in [6.45, 7) is -0.393. The molecule has 2 aromatic carbocycles. The molecule has 132 valence electrons. The van der Waals surface area contributed by atoms with E-state index in [-0.39, 0.29) is 16.5 Å². The van der Waals surface area contributed by atoms with E-state index in [9.17, 15) is 9.59 Å². The van der Waals surface area contributed by atoms with Gasteiger partial charge in [0.25, 0.3) is 5.91 Å². The summed E-state index contributed by atoms with van der Waals surface area (Å²) in [6.07, 6.45) is 0. The number of esters is 1. The molecule has 7 heteroatoms. The fraction of sp³-hybridized carbons (Fsp3) is 0.222. The molecule has 0 fully saturated rings. The lowest BCUT2D eigenvalue weighted by Gasteiger charge is -2.17. The van der Waals surface area contributed by atoms with E-state index in [4.69, 9.17) is 25.8 Å². The molecular weight excluding hydrogens is 346 g/mol. The molecule has 25 heavy (non-hydrogen) atoms. The molecule has 0 aliphatic rings. The van der Waals surface area contributed by atoms with Crippen LogP contribution >= 0.6 is 11.6 Å². The number of amides is 1. The lowest BCUT2D eigenvalue weighted by Crippen LogP contribution is -2.31. The summed E-state index contributed by atoms with van der Waals surface area (Å²) in [5.41, 5.74) is 0.871. The number of hydrogen-bond donors (Lipinski definition) is 0. The fourth-order valence-corrected chi connectivity index (χ4v) is 2.43. The van der Waals surface area contributed by atoms with Crippen LogP contribution in [0.25, 0.3) is 0 Å². The number of rotatable bonds is 6. The Morgan fingerprint density at radius 2 is 1.76 bits per heavy atom. The second kappa shape index (κ2) is 8.39. The van der Waals surface area contributed by atoms with Gasteiger partial charge in [0, 0.05) is 12.7 Å². The SMILES string of the molecule is COc1cc(C(=O)OCC(=O)N(C)c2ccccc2)cc(Cl)c1OC. The molecule has 0 bridgehead atoms. The number of ether oxygens (including phenoxy) is 3. The second-order valence-corrected chi connectivity index (χ2v) is 5.47. The average Bonchev–Trinajstić information content (AvgIpc) is 2.65. The topological polar surface area (TPSA) is 65.1 Å². The summed E-state index contributed by atoms with van der Waals surface area (Å²) in [5.74, 6) is -0.418. The molecule has 0 spiro atoms. The van der Waals surface area contributed by atoms with Gasteiger partial charge >= 0.3 is 5.97 Å². The molecule has 0 saturated carbocycles. The third-order valence-electron chi connectivity index (χ3n) is 3.51. The molecule has 2 rings (SSSR count). The van der Waals surface area contributed by atoms with E-state index in [2.05, 4.69) is 0 Å². The largest absolute Gasteiger partial charge is 0.493 e. The lowest BCUT2D eigenvalue weighted by atomic mass is 10.2. The minimum Gasteiger partial charge on any atom is -0.493 e. The Morgan fingerprint density at radius 1 is 1.08 bits per heavy atom. The van der Waals surface area contributed by atoms with Gasteiger partial charge < -0.3 is 19.1 Å². The van der Waals surface area contributed by atoms with Crippen LogP contribution in [0.15, 0.2) is 42.5 Å². The number of hydrogen-bond acceptors (Lipinski definition) is 5. The highest BCUT2D eigenvalue weighted by Crippen LogP contribution is 2.36. The maximum Gasteiger partial charge on any atom is 0.338 e. The number of methoxy groups -OCH3 is 2. The quantitative estimate of drug-likeness (QED) is 0.737. The molecule has 0 N–H and O–H groups in total. The van der Waals surface area contributed by atoms with Crippen molar-refractivity contribution in [3.8, 4) is 11.5 Å². The number of likely N-dealkylation sites (N-methyl/N-ethyl adjacent to an activating group) is 1. The van der Waals surface area contributed by atoms with Crippen molar-refractivity contribution < 1.29 is 23.8 Å². The molecular formula is C18H18ClNO5. The molecule has 0 heterocycles. The molecule has 2 aromatic rings. The maximum atomic E-state index is 12.2. The van der Waals surface area contributed by atoms with Crippen molar-refractivity contribution in [2.24, 2.45) is 0 Å². The molecule has 0 aliphatic heterocycles. The Kier molecular flexibility index (Phi) is 6.25. The van der Waals surface area contributed by atoms with E-state index in [1.807, 2.05) is 18.2 Å². The third-order valence-corrected chi connectivity index (χ3v) is 3.79. The van der Waals surface area contributed by atoms with E-state index in [0.29, 0.717) is 17.2 Å². The average molecular weight is 364 g/mol. The van der Waals surface area contributed by atoms with Gasteiger partial charge in [0.05, 0.1) is 24.8 Å². The van der Waals surface area contributed by atoms with Crippen LogP contribution in [0.4, 0.5) is 5.69 Å². The van der Waals surface area contributed by atoms with E-state index >= 15 is 0 Å². The van der Waals surface area contributed by atoms with Crippen LogP contribution in [0.5, 0.6) is 11.5 Å². The van der Waals surface area contributed by atoms with Crippen molar-refractivity contribution in [3.05, 3.63) is 53.1 Å². The summed E-state index contributed by atoms with van der Waals surface area (Å²) in [6, 6.07) is 11.9. The summed E-state index contributed by atoms with van der Waals surface area (Å²) in [4.78, 5) is 25.7. The van der Waals surface area contributed by atoms with Crippen molar-refractivity contribution in [3.63, 3.8) is 0 Å². The van der Waals surface area contributed by atoms with Gasteiger partial charge in [-0.15, -0.1) is 0 Å². The predicted octanol–water partition coefficient (Wildman–Crippen LogP) is 3.18. The molecule has 0 atom stereocenters. The molecule has 0 saturated heterocycles. The van der Waals surface area contributed by atoms with Gasteiger partial charge in [0.2, 0.25) is 0 Å². The van der Waals surface area contributed by atoms with Gasteiger partial charge in [-0.05, 0) is 24.3 Å². The number of para-hydroxylation sites is 1. The van der Waals surface area contributed by atoms with Crippen molar-refractivity contribution in [2.75, 3.05) is 32.8 Å². The zero-order chi connectivity index (χ0) is 18.4. The van der Waals surface area contributed by atoms with Crippen molar-refractivity contribution in [1.29, 1.82) is 0 Å². The summed E-state index contributed by atoms with van der Waals surface area (Å²) >= 11 is 6.06. The molecule has 0 radical (unpaired) electrons. The highest BCUT2D eigenvalue weighted by molar-refractivity contribution is 6.32. The molecule has 6 nitrogen and oxygen atoms in total. The minimum atomic E-state index is -0.683. The van der Waals surface area contributed by atoms with Crippen LogP contribution < -0.4 is 14.4 Å². The molecule has 0 aliphatic carbocycles. The van der Waals surface area contributed by atoms with Gasteiger partial charge in [-0.25, -0.2) is 4.79 Å². The first-order valence-corrected chi connectivity index (χ1v) is 7.76. The van der Waals surface area contributed by atoms with Crippen molar-refractivity contribution in [2.45, 2.75) is 0 Å². The first-order valence-electron chi connectivity index (χ1n) is 7.38. The van der Waals surface area contributed by atoms with Crippen LogP contribution in [0.1, 0.15) is 10.4 Å². The van der Waals surface area contributed by atoms with Crippen LogP contribution in [0, 0.1) is 0 Å². The Labute approximate surface area is 150 Å². The molecule has 1 amide bonds. The Morgan fingerprint density at radius 3 is 2.36 bits per heavy atom. The Bertz CT molecular complexity index is 764. The second-order valence-electron chi connectivity index (χ2n) is 5.06. The number of halogens is 1. The molecule has 0 unspecified atom stereocenters. The van der Waals surface area contributed by atoms with Gasteiger partial charge in [-0.1, -0.05) is 29.8 Å². The Hall–Kier alpha value is -2.73. The summed E-state index contributed by atoms with van der Waals surface area (Å²) < 4.78 is 15.3. The monoisotopic (exact) mass is 363 g/mol. The van der Waals surface area contributed by atoms with Gasteiger partial charge in [-0.3, -0.25) is 4.79 Å². The standard InChI is InChI=1S/C18H18ClNO5/c1-20(13-7-5-4-6-8-13)16(21)11-25-18(22)12-9-14(19)17(24-3)15(10-12)23-2/h4-10H,11H2,1-3H3. The first-order chi connectivity index (χ1) is 12.0. The number of anilines is 1. The van der Waals surface area contributed by atoms with Crippen molar-refractivity contribution in [1.82, 2.24) is 0 Å². The molecule has 0 aromatic heterocycles. The van der Waals surface area contributed by atoms with Crippen LogP contribution in [-0.4, -0.2) is 39.8 Å². The smallest absolute Gasteiger partial charge is 0.338 e. The highest BCUT2D eigenvalue weighted by atomic mass is 35.5. The van der Waals surface area contributed by atoms with Crippen molar-refractivity contribution >= 4 is 29.2 Å². The highest BCUT2D eigenvalue weighted by Gasteiger charge is 2.18. The van der Waals surface area contributed by atoms with Gasteiger partial charge in [0.1, 0.15) is 0 Å². The van der Waals surface area contributed by atoms with Gasteiger partial charge in [0.15, 0.2) is 18.1 Å². The van der Waals surface area contributed by atoms with E-state index in [1.165, 1.54) is 31.3 Å². The number of benzene rings is 2. The number of carbonyl (C=O) groups is 2. The Balaban J connectivity index is 2.05. The van der Waals surface area contributed by atoms with Crippen LogP contribution in [0.2, 0.25) is 5.02 Å². The number of carbonyl (C=O) groups excluding carboxylic acids is 2. The summed E-state index contributed by atoms with van der Waals surface area (Å²) in [5, 5.41) is 0.210. The van der Waals surface area contributed by atoms with Gasteiger partial charge in [-0.2, -0.15) is 0 Å². The van der Waals surface area contributed by atoms with E-state index in [1.54, 1.807) is 19.2 Å². The maximum absolute atomic E-state index is 12.2. The zero-order valence-corrected chi connectivity index (χ0v) is 14.9. The normalized spacial score (nSPS) is 10.1. The van der Waals surface area contributed by atoms with E-state index < -0.39 is 12.6 Å². The third kappa shape index (κ3) is 4.42. The fourth-order valence-electron chi connectivity index (χ4n) is 2.14. The first kappa shape index (κ1) is 18.6. The predicted molar refractivity (Wildman–Crippen MR) is 94.7 cm³/mol. The minimum absolute atomic E-state index is 0.165. The van der Waals surface area contributed by atoms with Crippen LogP contribution in [-0.2, 0) is 9.53 Å². The lowest BCUT2D eigenvalue weighted by molar-refractivity contribution is -0.121. The van der Waals surface area contributed by atoms with E-state index in [0.717, 1.165) is 0 Å². The number of nitrogens with zero attached hydrogens (tertiary/aromatic N) is 1. The summed E-state index contributed by atoms with van der Waals surface area (Å²) in [7, 11) is 4.49. The zero-order valence-electron chi connectivity index (χ0n) is 14.1.